The first-order valence-corrected chi connectivity index (χ1v) is 11.6. The number of fused-ring (bicyclic) bond motifs is 1. The molecule has 2 aromatic rings. The Bertz CT molecular complexity index is 1140. The average Bonchev–Trinajstić information content (AvgIpc) is 3.08. The van der Waals surface area contributed by atoms with E-state index in [1.807, 2.05) is 31.2 Å². The van der Waals surface area contributed by atoms with E-state index in [9.17, 15) is 14.7 Å². The summed E-state index contributed by atoms with van der Waals surface area (Å²) in [6, 6.07) is 12.4. The SMILES string of the molecule is COc1cc(C2C3=C(OC4CCC(C)CC4C3=O)C(=O)N2Cc2ccc(C)cc2)ccc1O. The number of nitrogens with zero attached hydrogens (tertiary/aromatic N) is 1. The summed E-state index contributed by atoms with van der Waals surface area (Å²) in [6.07, 6.45) is 2.33. The molecule has 3 aliphatic rings. The van der Waals surface area contributed by atoms with E-state index in [1.165, 1.54) is 7.11 Å². The van der Waals surface area contributed by atoms with Crippen molar-refractivity contribution in [2.75, 3.05) is 7.11 Å². The lowest BCUT2D eigenvalue weighted by Gasteiger charge is -2.37. The number of carbonyl (C=O) groups excluding carboxylic acids is 2. The highest BCUT2D eigenvalue weighted by atomic mass is 16.5. The van der Waals surface area contributed by atoms with Crippen molar-refractivity contribution in [2.45, 2.75) is 51.8 Å². The molecule has 6 heteroatoms. The van der Waals surface area contributed by atoms with Gasteiger partial charge in [0.1, 0.15) is 6.10 Å². The van der Waals surface area contributed by atoms with Crippen molar-refractivity contribution >= 4 is 11.7 Å². The summed E-state index contributed by atoms with van der Waals surface area (Å²) < 4.78 is 11.6. The van der Waals surface area contributed by atoms with Crippen LogP contribution < -0.4 is 4.74 Å². The molecule has 0 aromatic heterocycles. The van der Waals surface area contributed by atoms with Gasteiger partial charge in [-0.15, -0.1) is 0 Å². The standard InChI is InChI=1S/C27H29NO5/c1-15-4-7-17(8-5-15)14-28-24(18-9-10-20(29)22(13-18)32-3)23-25(30)19-12-16(2)6-11-21(19)33-26(23)27(28)31/h4-5,7-10,13,16,19,21,24,29H,6,11-12,14H2,1-3H3. The Kier molecular flexibility index (Phi) is 5.39. The smallest absolute Gasteiger partial charge is 0.290 e. The van der Waals surface area contributed by atoms with Gasteiger partial charge in [0.2, 0.25) is 0 Å². The number of aryl methyl sites for hydroxylation is 1. The summed E-state index contributed by atoms with van der Waals surface area (Å²) in [5.74, 6) is 0.502. The number of methoxy groups -OCH3 is 1. The Morgan fingerprint density at radius 2 is 1.88 bits per heavy atom. The van der Waals surface area contributed by atoms with Crippen LogP contribution >= 0.6 is 0 Å². The molecule has 2 aliphatic heterocycles. The molecule has 172 valence electrons. The fraction of sp³-hybridized carbons (Fsp3) is 0.407. The summed E-state index contributed by atoms with van der Waals surface area (Å²) in [4.78, 5) is 29.1. The largest absolute Gasteiger partial charge is 0.504 e. The first kappa shape index (κ1) is 21.6. The zero-order chi connectivity index (χ0) is 23.3. The van der Waals surface area contributed by atoms with Gasteiger partial charge in [-0.05, 0) is 55.4 Å². The van der Waals surface area contributed by atoms with Crippen LogP contribution in [0.4, 0.5) is 0 Å². The molecule has 1 fully saturated rings. The number of Topliss-reactive ketones (excluding diaryl/α,β-unsaturated/α-hetero) is 1. The third kappa shape index (κ3) is 3.67. The predicted octanol–water partition coefficient (Wildman–Crippen LogP) is 4.45. The van der Waals surface area contributed by atoms with Crippen LogP contribution in [-0.2, 0) is 20.9 Å². The number of phenols is 1. The second kappa shape index (κ2) is 8.25. The van der Waals surface area contributed by atoms with E-state index in [0.29, 0.717) is 23.8 Å². The number of benzene rings is 2. The van der Waals surface area contributed by atoms with Gasteiger partial charge in [-0.1, -0.05) is 42.8 Å². The number of hydrogen-bond donors (Lipinski definition) is 1. The first-order chi connectivity index (χ1) is 15.9. The fourth-order valence-corrected chi connectivity index (χ4v) is 5.39. The number of ketones is 1. The van der Waals surface area contributed by atoms with Crippen LogP contribution in [-0.4, -0.2) is 34.9 Å². The minimum atomic E-state index is -0.589. The van der Waals surface area contributed by atoms with Crippen LogP contribution in [0.3, 0.4) is 0 Å². The fourth-order valence-electron chi connectivity index (χ4n) is 5.39. The Hall–Kier alpha value is -3.28. The molecule has 33 heavy (non-hydrogen) atoms. The zero-order valence-electron chi connectivity index (χ0n) is 19.2. The molecular weight excluding hydrogens is 418 g/mol. The van der Waals surface area contributed by atoms with E-state index in [-0.39, 0.29) is 35.2 Å². The molecule has 5 rings (SSSR count). The van der Waals surface area contributed by atoms with Crippen LogP contribution in [0.2, 0.25) is 0 Å². The molecule has 1 saturated carbocycles. The normalized spacial score (nSPS) is 26.7. The van der Waals surface area contributed by atoms with Crippen LogP contribution in [0.25, 0.3) is 0 Å². The van der Waals surface area contributed by atoms with E-state index in [4.69, 9.17) is 9.47 Å². The second-order valence-corrected chi connectivity index (χ2v) is 9.54. The van der Waals surface area contributed by atoms with Gasteiger partial charge < -0.3 is 19.5 Å². The molecule has 0 radical (unpaired) electrons. The van der Waals surface area contributed by atoms with Crippen LogP contribution in [0.15, 0.2) is 53.8 Å². The highest BCUT2D eigenvalue weighted by Gasteiger charge is 2.52. The molecule has 1 amide bonds. The number of phenolic OH excluding ortho intramolecular Hbond substituents is 1. The summed E-state index contributed by atoms with van der Waals surface area (Å²) in [7, 11) is 1.48. The molecular formula is C27H29NO5. The quantitative estimate of drug-likeness (QED) is 0.749. The van der Waals surface area contributed by atoms with Crippen molar-refractivity contribution in [3.63, 3.8) is 0 Å². The molecule has 4 atom stereocenters. The van der Waals surface area contributed by atoms with Crippen molar-refractivity contribution in [2.24, 2.45) is 11.8 Å². The van der Waals surface area contributed by atoms with Crippen molar-refractivity contribution in [3.05, 3.63) is 70.5 Å². The maximum absolute atomic E-state index is 13.8. The summed E-state index contributed by atoms with van der Waals surface area (Å²) in [6.45, 7) is 4.54. The zero-order valence-corrected chi connectivity index (χ0v) is 19.2. The minimum absolute atomic E-state index is 0.0113. The molecule has 0 saturated heterocycles. The second-order valence-electron chi connectivity index (χ2n) is 9.54. The predicted molar refractivity (Wildman–Crippen MR) is 123 cm³/mol. The number of ether oxygens (including phenoxy) is 2. The highest BCUT2D eigenvalue weighted by molar-refractivity contribution is 6.11. The van der Waals surface area contributed by atoms with E-state index >= 15 is 0 Å². The monoisotopic (exact) mass is 447 g/mol. The van der Waals surface area contributed by atoms with Crippen LogP contribution in [0.1, 0.15) is 48.9 Å². The molecule has 0 spiro atoms. The minimum Gasteiger partial charge on any atom is -0.504 e. The first-order valence-electron chi connectivity index (χ1n) is 11.6. The van der Waals surface area contributed by atoms with Gasteiger partial charge in [-0.3, -0.25) is 9.59 Å². The van der Waals surface area contributed by atoms with Gasteiger partial charge in [-0.2, -0.15) is 0 Å². The van der Waals surface area contributed by atoms with E-state index in [2.05, 4.69) is 6.92 Å². The number of carbonyl (C=O) groups is 2. The molecule has 4 unspecified atom stereocenters. The summed E-state index contributed by atoms with van der Waals surface area (Å²) in [5.41, 5.74) is 3.27. The molecule has 1 N–H and O–H groups in total. The Labute approximate surface area is 193 Å². The molecule has 6 nitrogen and oxygen atoms in total. The average molecular weight is 448 g/mol. The lowest BCUT2D eigenvalue weighted by molar-refractivity contribution is -0.136. The van der Waals surface area contributed by atoms with Gasteiger partial charge in [0, 0.05) is 6.54 Å². The Morgan fingerprint density at radius 3 is 2.61 bits per heavy atom. The van der Waals surface area contributed by atoms with Crippen molar-refractivity contribution in [1.29, 1.82) is 0 Å². The lowest BCUT2D eigenvalue weighted by Crippen LogP contribution is -2.41. The van der Waals surface area contributed by atoms with E-state index in [0.717, 1.165) is 36.0 Å². The van der Waals surface area contributed by atoms with Crippen molar-refractivity contribution < 1.29 is 24.2 Å². The van der Waals surface area contributed by atoms with Crippen LogP contribution in [0.5, 0.6) is 11.5 Å². The topological polar surface area (TPSA) is 76.1 Å². The van der Waals surface area contributed by atoms with Gasteiger partial charge in [0.25, 0.3) is 5.91 Å². The third-order valence-electron chi connectivity index (χ3n) is 7.20. The molecule has 2 heterocycles. The number of hydrogen-bond acceptors (Lipinski definition) is 5. The van der Waals surface area contributed by atoms with Crippen molar-refractivity contribution in [1.82, 2.24) is 4.90 Å². The Balaban J connectivity index is 1.59. The number of rotatable bonds is 4. The lowest BCUT2D eigenvalue weighted by atomic mass is 9.74. The van der Waals surface area contributed by atoms with Crippen molar-refractivity contribution in [3.8, 4) is 11.5 Å². The molecule has 0 bridgehead atoms. The van der Waals surface area contributed by atoms with Gasteiger partial charge >= 0.3 is 0 Å². The summed E-state index contributed by atoms with van der Waals surface area (Å²) in [5, 5.41) is 10.1. The maximum Gasteiger partial charge on any atom is 0.290 e. The molecule has 1 aliphatic carbocycles. The maximum atomic E-state index is 13.8. The highest BCUT2D eigenvalue weighted by Crippen LogP contribution is 2.48. The van der Waals surface area contributed by atoms with Gasteiger partial charge in [0.15, 0.2) is 23.0 Å². The molecule has 2 aromatic carbocycles. The van der Waals surface area contributed by atoms with Gasteiger partial charge in [0.05, 0.1) is 24.6 Å². The Morgan fingerprint density at radius 1 is 1.12 bits per heavy atom. The third-order valence-corrected chi connectivity index (χ3v) is 7.20. The van der Waals surface area contributed by atoms with E-state index < -0.39 is 6.04 Å². The summed E-state index contributed by atoms with van der Waals surface area (Å²) >= 11 is 0. The number of amides is 1. The van der Waals surface area contributed by atoms with E-state index in [1.54, 1.807) is 23.1 Å². The van der Waals surface area contributed by atoms with Gasteiger partial charge in [-0.25, -0.2) is 0 Å². The number of aromatic hydroxyl groups is 1. The van der Waals surface area contributed by atoms with Crippen LogP contribution in [0, 0.1) is 18.8 Å².